The van der Waals surface area contributed by atoms with Crippen molar-refractivity contribution in [3.8, 4) is 0 Å². The van der Waals surface area contributed by atoms with Crippen LogP contribution in [0.1, 0.15) is 6.42 Å². The predicted molar refractivity (Wildman–Crippen MR) is 34.6 cm³/mol. The van der Waals surface area contributed by atoms with Gasteiger partial charge >= 0.3 is 0 Å². The van der Waals surface area contributed by atoms with E-state index in [0.717, 1.165) is 0 Å². The summed E-state index contributed by atoms with van der Waals surface area (Å²) in [5, 5.41) is 0. The van der Waals surface area contributed by atoms with Crippen LogP contribution in [0.25, 0.3) is 0 Å². The third-order valence-corrected chi connectivity index (χ3v) is 2.53. The smallest absolute Gasteiger partial charge is 0.163 e. The molecule has 0 bridgehead atoms. The summed E-state index contributed by atoms with van der Waals surface area (Å²) in [6.45, 7) is 0.557. The van der Waals surface area contributed by atoms with Gasteiger partial charge in [-0.05, 0) is 0 Å². The predicted octanol–water partition coefficient (Wildman–Crippen LogP) is 2.15. The van der Waals surface area contributed by atoms with E-state index in [4.69, 9.17) is 39.5 Å². The highest BCUT2D eigenvalue weighted by Crippen LogP contribution is 2.38. The molecular formula is C4H5Cl3O. The normalized spacial score (nSPS) is 35.6. The van der Waals surface area contributed by atoms with Gasteiger partial charge < -0.3 is 4.74 Å². The molecule has 1 aliphatic rings. The van der Waals surface area contributed by atoms with Crippen molar-refractivity contribution in [1.82, 2.24) is 0 Å². The molecule has 0 unspecified atom stereocenters. The Balaban J connectivity index is 2.54. The third-order valence-electron chi connectivity index (χ3n) is 1.03. The summed E-state index contributed by atoms with van der Waals surface area (Å²) in [5.74, 6) is 0. The Kier molecular flexibility index (Phi) is 1.93. The van der Waals surface area contributed by atoms with Gasteiger partial charge in [-0.3, -0.25) is 0 Å². The van der Waals surface area contributed by atoms with Gasteiger partial charge in [-0.2, -0.15) is 0 Å². The van der Waals surface area contributed by atoms with Gasteiger partial charge in [0.25, 0.3) is 0 Å². The Bertz CT molecular complexity index is 93.3. The lowest BCUT2D eigenvalue weighted by Gasteiger charge is -2.12. The van der Waals surface area contributed by atoms with Gasteiger partial charge in [0, 0.05) is 6.42 Å². The van der Waals surface area contributed by atoms with Crippen LogP contribution in [0.5, 0.6) is 0 Å². The van der Waals surface area contributed by atoms with Crippen LogP contribution in [0.4, 0.5) is 0 Å². The minimum Gasteiger partial charge on any atom is -0.359 e. The molecule has 1 atom stereocenters. The molecule has 0 amide bonds. The maximum atomic E-state index is 5.63. The molecule has 0 saturated carbocycles. The van der Waals surface area contributed by atoms with Crippen molar-refractivity contribution in [2.24, 2.45) is 0 Å². The topological polar surface area (TPSA) is 9.23 Å². The Labute approximate surface area is 62.9 Å². The first-order valence-electron chi connectivity index (χ1n) is 2.26. The van der Waals surface area contributed by atoms with E-state index in [2.05, 4.69) is 0 Å². The van der Waals surface area contributed by atoms with Crippen molar-refractivity contribution in [3.63, 3.8) is 0 Å². The zero-order valence-corrected chi connectivity index (χ0v) is 6.30. The quantitative estimate of drug-likeness (QED) is 0.513. The van der Waals surface area contributed by atoms with Crippen molar-refractivity contribution >= 4 is 34.8 Å². The first-order valence-corrected chi connectivity index (χ1v) is 3.46. The monoisotopic (exact) mass is 174 g/mol. The highest BCUT2D eigenvalue weighted by molar-refractivity contribution is 6.52. The molecule has 1 rings (SSSR count). The van der Waals surface area contributed by atoms with Gasteiger partial charge in [-0.1, -0.05) is 34.8 Å². The Hall–Kier alpha value is 0.830. The average molecular weight is 175 g/mol. The van der Waals surface area contributed by atoms with Crippen LogP contribution in [0.3, 0.4) is 0 Å². The van der Waals surface area contributed by atoms with Crippen LogP contribution in [0.2, 0.25) is 0 Å². The van der Waals surface area contributed by atoms with Crippen molar-refractivity contribution in [2.45, 2.75) is 16.3 Å². The number of alkyl halides is 3. The minimum absolute atomic E-state index is 0.536. The summed E-state index contributed by atoms with van der Waals surface area (Å²) < 4.78 is 4.01. The molecule has 0 aliphatic carbocycles. The number of rotatable bonds is 0. The van der Waals surface area contributed by atoms with Gasteiger partial charge in [-0.15, -0.1) is 0 Å². The van der Waals surface area contributed by atoms with Crippen LogP contribution in [0.15, 0.2) is 0 Å². The highest BCUT2D eigenvalue weighted by Gasteiger charge is 2.39. The van der Waals surface area contributed by atoms with Gasteiger partial charge in [0.15, 0.2) is 9.90 Å². The minimum atomic E-state index is -0.860. The van der Waals surface area contributed by atoms with Gasteiger partial charge in [0.05, 0.1) is 6.61 Å². The van der Waals surface area contributed by atoms with E-state index in [1.807, 2.05) is 0 Å². The van der Waals surface area contributed by atoms with Crippen molar-refractivity contribution < 1.29 is 4.74 Å². The van der Waals surface area contributed by atoms with Crippen LogP contribution in [-0.2, 0) is 4.74 Å². The standard InChI is InChI=1S/C4H5Cl3O/c5-3-4(6,7)1-2-8-3/h3H,1-2H2/t3-/m0/s1. The lowest BCUT2D eigenvalue weighted by Crippen LogP contribution is -2.19. The summed E-state index contributed by atoms with van der Waals surface area (Å²) >= 11 is 16.8. The second-order valence-corrected chi connectivity index (χ2v) is 3.64. The SMILES string of the molecule is Cl[C@H]1OCCC1(Cl)Cl. The molecular weight excluding hydrogens is 170 g/mol. The molecule has 0 N–H and O–H groups in total. The van der Waals surface area contributed by atoms with Crippen molar-refractivity contribution in [2.75, 3.05) is 6.61 Å². The van der Waals surface area contributed by atoms with Gasteiger partial charge in [0.1, 0.15) is 0 Å². The zero-order valence-electron chi connectivity index (χ0n) is 4.03. The van der Waals surface area contributed by atoms with Gasteiger partial charge in [-0.25, -0.2) is 0 Å². The van der Waals surface area contributed by atoms with Gasteiger partial charge in [0.2, 0.25) is 0 Å². The molecule has 1 heterocycles. The third kappa shape index (κ3) is 1.21. The summed E-state index contributed by atoms with van der Waals surface area (Å²) in [4.78, 5) is 0. The lowest BCUT2D eigenvalue weighted by atomic mass is 10.4. The summed E-state index contributed by atoms with van der Waals surface area (Å²) in [5.41, 5.74) is -0.536. The Morgan fingerprint density at radius 2 is 2.12 bits per heavy atom. The Morgan fingerprint density at radius 1 is 1.50 bits per heavy atom. The number of hydrogen-bond donors (Lipinski definition) is 0. The van der Waals surface area contributed by atoms with E-state index in [1.54, 1.807) is 0 Å². The largest absolute Gasteiger partial charge is 0.359 e. The fourth-order valence-corrected chi connectivity index (χ4v) is 1.01. The molecule has 4 heteroatoms. The molecule has 0 spiro atoms. The molecule has 0 aromatic carbocycles. The molecule has 1 fully saturated rings. The molecule has 8 heavy (non-hydrogen) atoms. The van der Waals surface area contributed by atoms with E-state index >= 15 is 0 Å². The lowest BCUT2D eigenvalue weighted by molar-refractivity contribution is 0.166. The second-order valence-electron chi connectivity index (χ2n) is 1.70. The molecule has 1 aliphatic heterocycles. The van der Waals surface area contributed by atoms with Crippen molar-refractivity contribution in [1.29, 1.82) is 0 Å². The fourth-order valence-electron chi connectivity index (χ4n) is 0.534. The van der Waals surface area contributed by atoms with E-state index in [-0.39, 0.29) is 0 Å². The molecule has 1 saturated heterocycles. The van der Waals surface area contributed by atoms with Crippen LogP contribution in [-0.4, -0.2) is 16.5 Å². The van der Waals surface area contributed by atoms with E-state index in [0.29, 0.717) is 13.0 Å². The van der Waals surface area contributed by atoms with E-state index in [1.165, 1.54) is 0 Å². The first kappa shape index (κ1) is 6.94. The molecule has 0 aromatic rings. The fraction of sp³-hybridized carbons (Fsp3) is 1.00. The molecule has 48 valence electrons. The second kappa shape index (κ2) is 2.22. The van der Waals surface area contributed by atoms with Crippen LogP contribution in [0, 0.1) is 0 Å². The number of halogens is 3. The van der Waals surface area contributed by atoms with Crippen LogP contribution < -0.4 is 0 Å². The number of hydrogen-bond acceptors (Lipinski definition) is 1. The molecule has 1 nitrogen and oxygen atoms in total. The summed E-state index contributed by atoms with van der Waals surface area (Å²) in [7, 11) is 0. The van der Waals surface area contributed by atoms with Crippen LogP contribution >= 0.6 is 34.8 Å². The zero-order chi connectivity index (χ0) is 6.20. The maximum absolute atomic E-state index is 5.63. The first-order chi connectivity index (χ1) is 3.63. The number of ether oxygens (including phenoxy) is 1. The van der Waals surface area contributed by atoms with E-state index in [9.17, 15) is 0 Å². The summed E-state index contributed by atoms with van der Waals surface area (Å²) in [6, 6.07) is 0. The highest BCUT2D eigenvalue weighted by atomic mass is 35.5. The Morgan fingerprint density at radius 3 is 2.25 bits per heavy atom. The molecule has 0 aromatic heterocycles. The average Bonchev–Trinajstić information content (AvgIpc) is 1.86. The molecule has 0 radical (unpaired) electrons. The summed E-state index contributed by atoms with van der Waals surface area (Å²) in [6.07, 6.45) is 0.615. The van der Waals surface area contributed by atoms with E-state index < -0.39 is 9.90 Å². The van der Waals surface area contributed by atoms with Crippen molar-refractivity contribution in [3.05, 3.63) is 0 Å². The maximum Gasteiger partial charge on any atom is 0.163 e.